The van der Waals surface area contributed by atoms with Gasteiger partial charge in [0.1, 0.15) is 11.6 Å². The highest BCUT2D eigenvalue weighted by atomic mass is 19.4. The number of halogens is 5. The molecule has 1 aliphatic carbocycles. The molecule has 2 N–H and O–H groups in total. The average molecular weight is 608 g/mol. The molecule has 1 atom stereocenters. The van der Waals surface area contributed by atoms with Crippen LogP contribution in [-0.2, 0) is 12.7 Å². The maximum absolute atomic E-state index is 15.2. The summed E-state index contributed by atoms with van der Waals surface area (Å²) in [7, 11) is 0. The lowest BCUT2D eigenvalue weighted by molar-refractivity contribution is -0.137. The molecule has 1 saturated carbocycles. The van der Waals surface area contributed by atoms with Gasteiger partial charge in [-0.3, -0.25) is 18.7 Å². The summed E-state index contributed by atoms with van der Waals surface area (Å²) in [5.41, 5.74) is -3.23. The molecule has 0 spiro atoms. The monoisotopic (exact) mass is 607 g/mol. The van der Waals surface area contributed by atoms with Gasteiger partial charge in [-0.25, -0.2) is 18.4 Å². The Kier molecular flexibility index (Phi) is 8.05. The maximum atomic E-state index is 15.2. The Morgan fingerprint density at radius 1 is 1.02 bits per heavy atom. The SMILES string of the molecule is CC(C)n1c(=O)n(CC2CC2)c(=O)c2cc(NC(=O)N3CCCC(NC(=O)c4cc(C(F)(F)F)ccc4F)C3)c(F)cc21. The molecule has 2 fully saturated rings. The van der Waals surface area contributed by atoms with E-state index in [2.05, 4.69) is 10.6 Å². The number of alkyl halides is 3. The third kappa shape index (κ3) is 6.27. The second kappa shape index (κ2) is 11.5. The lowest BCUT2D eigenvalue weighted by Crippen LogP contribution is -2.50. The number of fused-ring (bicyclic) bond motifs is 1. The first-order valence-corrected chi connectivity index (χ1v) is 14.0. The molecule has 14 heteroatoms. The van der Waals surface area contributed by atoms with E-state index >= 15 is 4.39 Å². The Balaban J connectivity index is 1.35. The van der Waals surface area contributed by atoms with E-state index in [4.69, 9.17) is 0 Å². The Labute approximate surface area is 242 Å². The summed E-state index contributed by atoms with van der Waals surface area (Å²) in [6.45, 7) is 3.90. The van der Waals surface area contributed by atoms with Crippen molar-refractivity contribution < 1.29 is 31.5 Å². The van der Waals surface area contributed by atoms with Crippen LogP contribution in [0.4, 0.5) is 32.4 Å². The molecule has 1 aliphatic heterocycles. The number of aromatic nitrogens is 2. The molecule has 2 aliphatic rings. The molecular weight excluding hydrogens is 577 g/mol. The topological polar surface area (TPSA) is 105 Å². The number of hydrogen-bond donors (Lipinski definition) is 2. The molecule has 1 saturated heterocycles. The van der Waals surface area contributed by atoms with E-state index in [1.165, 1.54) is 15.5 Å². The summed E-state index contributed by atoms with van der Waals surface area (Å²) < 4.78 is 71.1. The number of nitrogens with zero attached hydrogens (tertiary/aromatic N) is 3. The van der Waals surface area contributed by atoms with Crippen molar-refractivity contribution in [2.24, 2.45) is 5.92 Å². The first-order chi connectivity index (χ1) is 20.2. The molecule has 0 bridgehead atoms. The Morgan fingerprint density at radius 3 is 2.40 bits per heavy atom. The normalized spacial score (nSPS) is 17.4. The number of carbonyl (C=O) groups is 2. The number of piperidine rings is 1. The van der Waals surface area contributed by atoms with Crippen molar-refractivity contribution >= 4 is 28.5 Å². The van der Waals surface area contributed by atoms with Crippen molar-refractivity contribution in [2.45, 2.75) is 64.3 Å². The van der Waals surface area contributed by atoms with Gasteiger partial charge >= 0.3 is 17.9 Å². The van der Waals surface area contributed by atoms with E-state index in [0.29, 0.717) is 31.0 Å². The van der Waals surface area contributed by atoms with Gasteiger partial charge in [-0.15, -0.1) is 0 Å². The third-order valence-corrected chi connectivity index (χ3v) is 7.74. The highest BCUT2D eigenvalue weighted by Gasteiger charge is 2.33. The first-order valence-electron chi connectivity index (χ1n) is 14.0. The second-order valence-electron chi connectivity index (χ2n) is 11.3. The van der Waals surface area contributed by atoms with Gasteiger partial charge in [0, 0.05) is 37.8 Å². The standard InChI is InChI=1S/C29H30F5N5O4/c1-15(2)39-24-12-22(31)23(11-20(24)26(41)38(28(39)43)13-16-5-6-16)36-27(42)37-9-3-4-18(14-37)35-25(40)19-10-17(29(32,33)34)7-8-21(19)30/h7-8,10-12,15-16,18H,3-6,9,13-14H2,1-2H3,(H,35,40)(H,36,42). The zero-order valence-corrected chi connectivity index (χ0v) is 23.4. The Morgan fingerprint density at radius 2 is 1.74 bits per heavy atom. The lowest BCUT2D eigenvalue weighted by atomic mass is 10.0. The van der Waals surface area contributed by atoms with Crippen LogP contribution in [0.2, 0.25) is 0 Å². The summed E-state index contributed by atoms with van der Waals surface area (Å²) in [5.74, 6) is -2.83. The smallest absolute Gasteiger partial charge is 0.347 e. The number of rotatable bonds is 6. The Bertz CT molecular complexity index is 1710. The van der Waals surface area contributed by atoms with Gasteiger partial charge < -0.3 is 15.5 Å². The van der Waals surface area contributed by atoms with Gasteiger partial charge in [-0.05, 0) is 69.7 Å². The fourth-order valence-electron chi connectivity index (χ4n) is 5.33. The number of benzene rings is 2. The van der Waals surface area contributed by atoms with Crippen LogP contribution in [0.3, 0.4) is 0 Å². The van der Waals surface area contributed by atoms with Gasteiger partial charge in [0.15, 0.2) is 0 Å². The molecule has 1 aromatic heterocycles. The molecule has 230 valence electrons. The molecule has 3 amide bonds. The van der Waals surface area contributed by atoms with E-state index in [1.807, 2.05) is 0 Å². The summed E-state index contributed by atoms with van der Waals surface area (Å²) in [4.78, 5) is 53.4. The number of anilines is 1. The molecule has 0 radical (unpaired) electrons. The number of likely N-dealkylation sites (tertiary alicyclic amines) is 1. The van der Waals surface area contributed by atoms with Crippen LogP contribution in [0.25, 0.3) is 10.9 Å². The number of amides is 3. The maximum Gasteiger partial charge on any atom is 0.416 e. The highest BCUT2D eigenvalue weighted by molar-refractivity contribution is 5.95. The van der Waals surface area contributed by atoms with E-state index in [-0.39, 0.29) is 48.2 Å². The predicted octanol–water partition coefficient (Wildman–Crippen LogP) is 4.88. The quantitative estimate of drug-likeness (QED) is 0.390. The molecule has 3 aromatic rings. The minimum atomic E-state index is -4.77. The molecule has 5 rings (SSSR count). The summed E-state index contributed by atoms with van der Waals surface area (Å²) in [6, 6.07) is 1.95. The molecule has 9 nitrogen and oxygen atoms in total. The number of urea groups is 1. The zero-order valence-electron chi connectivity index (χ0n) is 23.4. The highest BCUT2D eigenvalue weighted by Crippen LogP contribution is 2.31. The summed E-state index contributed by atoms with van der Waals surface area (Å²) in [6.07, 6.45) is -2.19. The van der Waals surface area contributed by atoms with E-state index in [0.717, 1.165) is 23.5 Å². The van der Waals surface area contributed by atoms with Crippen LogP contribution in [0.5, 0.6) is 0 Å². The predicted molar refractivity (Wildman–Crippen MR) is 148 cm³/mol. The summed E-state index contributed by atoms with van der Waals surface area (Å²) >= 11 is 0. The number of nitrogens with one attached hydrogen (secondary N) is 2. The zero-order chi connectivity index (χ0) is 31.2. The fraction of sp³-hybridized carbons (Fsp3) is 0.448. The lowest BCUT2D eigenvalue weighted by Gasteiger charge is -2.33. The molecular formula is C29H30F5N5O4. The van der Waals surface area contributed by atoms with Crippen LogP contribution in [0.15, 0.2) is 39.9 Å². The van der Waals surface area contributed by atoms with Crippen LogP contribution in [0, 0.1) is 17.6 Å². The van der Waals surface area contributed by atoms with Crippen LogP contribution < -0.4 is 21.9 Å². The van der Waals surface area contributed by atoms with Crippen molar-refractivity contribution in [1.29, 1.82) is 0 Å². The van der Waals surface area contributed by atoms with Crippen molar-refractivity contribution in [2.75, 3.05) is 18.4 Å². The molecule has 2 heterocycles. The van der Waals surface area contributed by atoms with Crippen LogP contribution in [0.1, 0.15) is 61.5 Å². The first kappa shape index (κ1) is 30.2. The second-order valence-corrected chi connectivity index (χ2v) is 11.3. The Hall–Kier alpha value is -4.23. The van der Waals surface area contributed by atoms with Crippen molar-refractivity contribution in [1.82, 2.24) is 19.4 Å². The van der Waals surface area contributed by atoms with Crippen molar-refractivity contribution in [3.8, 4) is 0 Å². The minimum Gasteiger partial charge on any atom is -0.347 e. The van der Waals surface area contributed by atoms with Crippen molar-refractivity contribution in [3.63, 3.8) is 0 Å². The van der Waals surface area contributed by atoms with Gasteiger partial charge in [-0.2, -0.15) is 13.2 Å². The third-order valence-electron chi connectivity index (χ3n) is 7.74. The van der Waals surface area contributed by atoms with E-state index in [1.54, 1.807) is 13.8 Å². The average Bonchev–Trinajstić information content (AvgIpc) is 3.76. The molecule has 43 heavy (non-hydrogen) atoms. The van der Waals surface area contributed by atoms with Gasteiger partial charge in [0.25, 0.3) is 11.5 Å². The van der Waals surface area contributed by atoms with E-state index in [9.17, 15) is 36.7 Å². The minimum absolute atomic E-state index is 0.0672. The van der Waals surface area contributed by atoms with Gasteiger partial charge in [0.05, 0.1) is 27.7 Å². The van der Waals surface area contributed by atoms with E-state index < -0.39 is 58.2 Å². The molecule has 1 unspecified atom stereocenters. The van der Waals surface area contributed by atoms with Crippen LogP contribution >= 0.6 is 0 Å². The number of hydrogen-bond acceptors (Lipinski definition) is 4. The fourth-order valence-corrected chi connectivity index (χ4v) is 5.33. The van der Waals surface area contributed by atoms with Crippen molar-refractivity contribution in [3.05, 3.63) is 73.9 Å². The number of carbonyl (C=O) groups excluding carboxylic acids is 2. The summed E-state index contributed by atoms with van der Waals surface area (Å²) in [5, 5.41) is 5.00. The largest absolute Gasteiger partial charge is 0.416 e. The van der Waals surface area contributed by atoms with Gasteiger partial charge in [-0.1, -0.05) is 0 Å². The molecule has 2 aromatic carbocycles. The van der Waals surface area contributed by atoms with Gasteiger partial charge in [0.2, 0.25) is 0 Å². The van der Waals surface area contributed by atoms with Crippen LogP contribution in [-0.4, -0.2) is 45.1 Å².